The Hall–Kier alpha value is -1.71. The smallest absolute Gasteiger partial charge is 0.261 e. The lowest BCUT2D eigenvalue weighted by atomic mass is 10.0. The number of nitrogens with zero attached hydrogens (tertiary/aromatic N) is 4. The van der Waals surface area contributed by atoms with Crippen LogP contribution in [-0.2, 0) is 35.8 Å². The summed E-state index contributed by atoms with van der Waals surface area (Å²) in [7, 11) is -1.93. The van der Waals surface area contributed by atoms with Crippen LogP contribution < -0.4 is 5.14 Å². The van der Waals surface area contributed by atoms with Gasteiger partial charge in [0.1, 0.15) is 12.7 Å². The Morgan fingerprint density at radius 3 is 2.33 bits per heavy atom. The van der Waals surface area contributed by atoms with E-state index in [2.05, 4.69) is 18.8 Å². The summed E-state index contributed by atoms with van der Waals surface area (Å²) in [4.78, 5) is 3.97. The van der Waals surface area contributed by atoms with Gasteiger partial charge in [0.15, 0.2) is 6.34 Å². The SMILES string of the molecule is CCc1nn(CC[N+]2(C)C=NC(S(N)(=O)=O)=C2)c(CC)c1Cc1cc(Cl)cc(Cl)c1. The van der Waals surface area contributed by atoms with Crippen molar-refractivity contribution in [2.75, 3.05) is 13.6 Å². The van der Waals surface area contributed by atoms with Crippen molar-refractivity contribution in [2.24, 2.45) is 10.1 Å². The van der Waals surface area contributed by atoms with E-state index in [-0.39, 0.29) is 9.51 Å². The Kier molecular flexibility index (Phi) is 6.74. The van der Waals surface area contributed by atoms with Gasteiger partial charge >= 0.3 is 0 Å². The first-order chi connectivity index (χ1) is 14.0. The molecule has 1 unspecified atom stereocenters. The molecule has 0 spiro atoms. The van der Waals surface area contributed by atoms with Crippen LogP contribution >= 0.6 is 23.2 Å². The van der Waals surface area contributed by atoms with Gasteiger partial charge in [0, 0.05) is 27.7 Å². The number of nitrogens with two attached hydrogens (primary N) is 1. The van der Waals surface area contributed by atoms with Crippen molar-refractivity contribution in [1.29, 1.82) is 0 Å². The van der Waals surface area contributed by atoms with Crippen molar-refractivity contribution in [3.63, 3.8) is 0 Å². The van der Waals surface area contributed by atoms with Crippen molar-refractivity contribution >= 4 is 39.6 Å². The lowest BCUT2D eigenvalue weighted by Gasteiger charge is -2.22. The van der Waals surface area contributed by atoms with Crippen LogP contribution in [0.4, 0.5) is 0 Å². The largest absolute Gasteiger partial charge is 0.263 e. The van der Waals surface area contributed by atoms with Crippen LogP contribution in [0.3, 0.4) is 0 Å². The van der Waals surface area contributed by atoms with E-state index >= 15 is 0 Å². The first kappa shape index (κ1) is 23.0. The number of hydrogen-bond acceptors (Lipinski definition) is 4. The number of primary sulfonamides is 1. The van der Waals surface area contributed by atoms with Gasteiger partial charge in [0.05, 0.1) is 19.3 Å². The van der Waals surface area contributed by atoms with E-state index < -0.39 is 10.0 Å². The maximum absolute atomic E-state index is 11.6. The van der Waals surface area contributed by atoms with E-state index in [0.29, 0.717) is 29.6 Å². The summed E-state index contributed by atoms with van der Waals surface area (Å²) in [5, 5.41) is 11.2. The molecule has 0 aliphatic carbocycles. The molecular formula is C20H26Cl2N5O2S+. The van der Waals surface area contributed by atoms with Crippen LogP contribution in [0, 0.1) is 0 Å². The fourth-order valence-corrected chi connectivity index (χ4v) is 4.82. The van der Waals surface area contributed by atoms with E-state index in [1.165, 1.54) is 5.56 Å². The van der Waals surface area contributed by atoms with E-state index in [1.54, 1.807) is 18.6 Å². The molecule has 2 N–H and O–H groups in total. The van der Waals surface area contributed by atoms with Crippen LogP contribution in [0.5, 0.6) is 0 Å². The zero-order valence-electron chi connectivity index (χ0n) is 17.3. The number of halogens is 2. The molecule has 1 aromatic carbocycles. The molecule has 1 aromatic heterocycles. The fraction of sp³-hybridized carbons (Fsp3) is 0.400. The second kappa shape index (κ2) is 8.80. The molecule has 1 aliphatic heterocycles. The van der Waals surface area contributed by atoms with Gasteiger partial charge in [-0.05, 0) is 36.6 Å². The number of aliphatic imine (C=N–C) groups is 1. The van der Waals surface area contributed by atoms with Gasteiger partial charge in [-0.3, -0.25) is 9.16 Å². The Morgan fingerprint density at radius 1 is 1.13 bits per heavy atom. The summed E-state index contributed by atoms with van der Waals surface area (Å²) < 4.78 is 25.4. The third kappa shape index (κ3) is 5.12. The molecule has 162 valence electrons. The highest BCUT2D eigenvalue weighted by Crippen LogP contribution is 2.25. The van der Waals surface area contributed by atoms with Gasteiger partial charge < -0.3 is 0 Å². The molecule has 3 rings (SSSR count). The third-order valence-corrected chi connectivity index (χ3v) is 6.39. The lowest BCUT2D eigenvalue weighted by Crippen LogP contribution is -2.38. The molecule has 7 nitrogen and oxygen atoms in total. The molecule has 2 heterocycles. The van der Waals surface area contributed by atoms with E-state index in [9.17, 15) is 8.42 Å². The number of aromatic nitrogens is 2. The molecule has 2 aromatic rings. The molecule has 0 saturated carbocycles. The van der Waals surface area contributed by atoms with Crippen molar-refractivity contribution in [2.45, 2.75) is 39.7 Å². The summed E-state index contributed by atoms with van der Waals surface area (Å²) in [6.07, 6.45) is 5.49. The second-order valence-corrected chi connectivity index (χ2v) is 9.97. The first-order valence-electron chi connectivity index (χ1n) is 9.73. The first-order valence-corrected chi connectivity index (χ1v) is 12.0. The lowest BCUT2D eigenvalue weighted by molar-refractivity contribution is -0.757. The van der Waals surface area contributed by atoms with E-state index in [1.807, 2.05) is 23.9 Å². The maximum Gasteiger partial charge on any atom is 0.261 e. The van der Waals surface area contributed by atoms with Crippen molar-refractivity contribution in [3.8, 4) is 0 Å². The van der Waals surface area contributed by atoms with Crippen molar-refractivity contribution in [3.05, 3.63) is 62.0 Å². The Balaban J connectivity index is 1.86. The zero-order valence-corrected chi connectivity index (χ0v) is 19.6. The van der Waals surface area contributed by atoms with Gasteiger partial charge in [-0.25, -0.2) is 13.6 Å². The van der Waals surface area contributed by atoms with Gasteiger partial charge in [-0.15, -0.1) is 0 Å². The van der Waals surface area contributed by atoms with Crippen LogP contribution in [0.15, 0.2) is 34.4 Å². The summed E-state index contributed by atoms with van der Waals surface area (Å²) >= 11 is 12.3. The van der Waals surface area contributed by atoms with Crippen LogP contribution in [0.1, 0.15) is 36.4 Å². The number of benzene rings is 1. The van der Waals surface area contributed by atoms with Gasteiger partial charge in [-0.1, -0.05) is 37.0 Å². The molecule has 1 aliphatic rings. The normalized spacial score (nSPS) is 18.8. The highest BCUT2D eigenvalue weighted by atomic mass is 35.5. The minimum atomic E-state index is -3.81. The molecular weight excluding hydrogens is 445 g/mol. The summed E-state index contributed by atoms with van der Waals surface area (Å²) in [6, 6.07) is 5.58. The number of aryl methyl sites for hydroxylation is 1. The topological polar surface area (TPSA) is 90.3 Å². The number of likely N-dealkylation sites (N-methyl/N-ethyl adjacent to an activating group) is 1. The van der Waals surface area contributed by atoms with Crippen molar-refractivity contribution in [1.82, 2.24) is 9.78 Å². The monoisotopic (exact) mass is 470 g/mol. The molecule has 0 bridgehead atoms. The van der Waals surface area contributed by atoms with E-state index in [0.717, 1.165) is 29.8 Å². The number of quaternary nitrogens is 1. The number of sulfonamides is 1. The standard InChI is InChI=1S/C20H26Cl2N5O2S/c1-4-18-17(10-14-8-15(21)11-16(22)9-14)19(5-2)26(25-18)6-7-27(3)12-20(24-13-27)30(23,28)29/h8-9,11-13H,4-7,10H2,1-3H3,(H2,23,28,29)/q+1. The van der Waals surface area contributed by atoms with Gasteiger partial charge in [0.25, 0.3) is 10.0 Å². The Morgan fingerprint density at radius 2 is 1.80 bits per heavy atom. The molecule has 0 saturated heterocycles. The molecule has 30 heavy (non-hydrogen) atoms. The number of hydrogen-bond donors (Lipinski definition) is 1. The zero-order chi connectivity index (χ0) is 22.1. The predicted molar refractivity (Wildman–Crippen MR) is 121 cm³/mol. The minimum absolute atomic E-state index is 0.103. The number of rotatable bonds is 8. The summed E-state index contributed by atoms with van der Waals surface area (Å²) in [5.74, 6) is 0. The van der Waals surface area contributed by atoms with Crippen LogP contribution in [-0.4, -0.2) is 42.6 Å². The Bertz CT molecular complexity index is 1100. The molecule has 0 amide bonds. The second-order valence-electron chi connectivity index (χ2n) is 7.58. The van der Waals surface area contributed by atoms with Gasteiger partial charge in [0.2, 0.25) is 5.03 Å². The molecule has 0 fully saturated rings. The maximum atomic E-state index is 11.6. The molecule has 1 atom stereocenters. The minimum Gasteiger partial charge on any atom is -0.263 e. The molecule has 0 radical (unpaired) electrons. The summed E-state index contributed by atoms with van der Waals surface area (Å²) in [5.41, 5.74) is 4.43. The van der Waals surface area contributed by atoms with Crippen LogP contribution in [0.25, 0.3) is 0 Å². The predicted octanol–water partition coefficient (Wildman–Crippen LogP) is 3.48. The fourth-order valence-electron chi connectivity index (χ4n) is 3.66. The highest BCUT2D eigenvalue weighted by Gasteiger charge is 2.29. The van der Waals surface area contributed by atoms with Crippen LogP contribution in [0.2, 0.25) is 10.0 Å². The van der Waals surface area contributed by atoms with E-state index in [4.69, 9.17) is 33.4 Å². The molecule has 10 heteroatoms. The summed E-state index contributed by atoms with van der Waals surface area (Å²) in [6.45, 7) is 5.41. The van der Waals surface area contributed by atoms with Crippen molar-refractivity contribution < 1.29 is 12.9 Å². The highest BCUT2D eigenvalue weighted by molar-refractivity contribution is 7.93. The van der Waals surface area contributed by atoms with Gasteiger partial charge in [-0.2, -0.15) is 10.1 Å². The Labute approximate surface area is 187 Å². The third-order valence-electron chi connectivity index (χ3n) is 5.16. The average molecular weight is 471 g/mol. The average Bonchev–Trinajstić information content (AvgIpc) is 3.20. The quantitative estimate of drug-likeness (QED) is 0.598.